The van der Waals surface area contributed by atoms with Gasteiger partial charge in [-0.3, -0.25) is 9.69 Å². The summed E-state index contributed by atoms with van der Waals surface area (Å²) in [6.07, 6.45) is 4.57. The van der Waals surface area contributed by atoms with Crippen LogP contribution < -0.4 is 10.2 Å². The van der Waals surface area contributed by atoms with Crippen LogP contribution in [-0.4, -0.2) is 35.2 Å². The molecule has 30 heavy (non-hydrogen) atoms. The number of anilines is 1. The lowest BCUT2D eigenvalue weighted by molar-refractivity contribution is -0.121. The number of nitrogens with one attached hydrogen (secondary N) is 1. The standard InChI is InChI=1S/C15H12N2O3.C8H15NO/c1-17(15(18)19)11-8-6-10(7-9-11)14-16-12-4-2-3-5-13(12)20-14;1-2-8(10)9-7-5-3-4-6-7/h2-9H,1H3,(H,18,19);7H,2-6H2,1H3,(H,9,10). The van der Waals surface area contributed by atoms with Crippen molar-refractivity contribution in [2.24, 2.45) is 0 Å². The zero-order valence-corrected chi connectivity index (χ0v) is 17.3. The second-order valence-electron chi connectivity index (χ2n) is 7.28. The molecule has 0 aliphatic heterocycles. The zero-order chi connectivity index (χ0) is 21.5. The predicted molar refractivity (Wildman–Crippen MR) is 117 cm³/mol. The summed E-state index contributed by atoms with van der Waals surface area (Å²) in [5.41, 5.74) is 2.93. The Labute approximate surface area is 175 Å². The van der Waals surface area contributed by atoms with Crippen molar-refractivity contribution in [1.82, 2.24) is 10.3 Å². The molecule has 0 atom stereocenters. The molecule has 0 bridgehead atoms. The highest BCUT2D eigenvalue weighted by molar-refractivity contribution is 5.85. The molecule has 0 radical (unpaired) electrons. The molecule has 2 amide bonds. The summed E-state index contributed by atoms with van der Waals surface area (Å²) in [5, 5.41) is 11.9. The molecule has 1 aromatic heterocycles. The highest BCUT2D eigenvalue weighted by Crippen LogP contribution is 2.26. The molecule has 1 saturated carbocycles. The Morgan fingerprint density at radius 2 is 1.80 bits per heavy atom. The molecular formula is C23H27N3O4. The molecular weight excluding hydrogens is 382 g/mol. The number of hydrogen-bond acceptors (Lipinski definition) is 4. The van der Waals surface area contributed by atoms with Crippen molar-refractivity contribution in [3.63, 3.8) is 0 Å². The van der Waals surface area contributed by atoms with Gasteiger partial charge in [0, 0.05) is 30.8 Å². The highest BCUT2D eigenvalue weighted by atomic mass is 16.4. The summed E-state index contributed by atoms with van der Waals surface area (Å²) >= 11 is 0. The summed E-state index contributed by atoms with van der Waals surface area (Å²) in [5.74, 6) is 0.725. The van der Waals surface area contributed by atoms with Crippen molar-refractivity contribution in [2.45, 2.75) is 45.1 Å². The number of rotatable bonds is 4. The van der Waals surface area contributed by atoms with E-state index in [0.717, 1.165) is 21.6 Å². The summed E-state index contributed by atoms with van der Waals surface area (Å²) in [4.78, 5) is 27.3. The Morgan fingerprint density at radius 3 is 2.40 bits per heavy atom. The fraction of sp³-hybridized carbons (Fsp3) is 0.348. The van der Waals surface area contributed by atoms with Crippen LogP contribution in [0.4, 0.5) is 10.5 Å². The maximum absolute atomic E-state index is 10.9. The van der Waals surface area contributed by atoms with Crippen LogP contribution in [0.5, 0.6) is 0 Å². The van der Waals surface area contributed by atoms with Gasteiger partial charge in [-0.1, -0.05) is 31.9 Å². The van der Waals surface area contributed by atoms with E-state index in [-0.39, 0.29) is 5.91 Å². The van der Waals surface area contributed by atoms with Crippen molar-refractivity contribution in [3.8, 4) is 11.5 Å². The molecule has 4 rings (SSSR count). The fourth-order valence-electron chi connectivity index (χ4n) is 3.33. The molecule has 0 saturated heterocycles. The number of oxazole rings is 1. The van der Waals surface area contributed by atoms with Crippen molar-refractivity contribution in [1.29, 1.82) is 0 Å². The lowest BCUT2D eigenvalue weighted by Crippen LogP contribution is -2.31. The summed E-state index contributed by atoms with van der Waals surface area (Å²) in [6, 6.07) is 15.1. The smallest absolute Gasteiger partial charge is 0.411 e. The number of hydrogen-bond donors (Lipinski definition) is 2. The Balaban J connectivity index is 0.000000216. The molecule has 1 aliphatic carbocycles. The van der Waals surface area contributed by atoms with Crippen LogP contribution in [0.2, 0.25) is 0 Å². The van der Waals surface area contributed by atoms with Crippen molar-refractivity contribution >= 4 is 28.8 Å². The first kappa shape index (κ1) is 21.4. The maximum atomic E-state index is 10.9. The minimum Gasteiger partial charge on any atom is -0.465 e. The van der Waals surface area contributed by atoms with Crippen LogP contribution in [-0.2, 0) is 4.79 Å². The van der Waals surface area contributed by atoms with Crippen LogP contribution in [0, 0.1) is 0 Å². The zero-order valence-electron chi connectivity index (χ0n) is 17.3. The number of nitrogens with zero attached hydrogens (tertiary/aromatic N) is 2. The number of carbonyl (C=O) groups is 2. The monoisotopic (exact) mass is 409 g/mol. The van der Waals surface area contributed by atoms with Gasteiger partial charge in [-0.25, -0.2) is 9.78 Å². The number of para-hydroxylation sites is 2. The molecule has 2 N–H and O–H groups in total. The topological polar surface area (TPSA) is 95.7 Å². The van der Waals surface area contributed by atoms with Gasteiger partial charge < -0.3 is 14.8 Å². The molecule has 1 fully saturated rings. The Morgan fingerprint density at radius 1 is 1.13 bits per heavy atom. The van der Waals surface area contributed by atoms with Crippen molar-refractivity contribution < 1.29 is 19.1 Å². The lowest BCUT2D eigenvalue weighted by atomic mass is 10.2. The van der Waals surface area contributed by atoms with Gasteiger partial charge in [0.1, 0.15) is 5.52 Å². The van der Waals surface area contributed by atoms with Gasteiger partial charge in [-0.15, -0.1) is 0 Å². The lowest BCUT2D eigenvalue weighted by Gasteiger charge is -2.12. The van der Waals surface area contributed by atoms with Gasteiger partial charge in [-0.2, -0.15) is 0 Å². The quantitative estimate of drug-likeness (QED) is 0.628. The van der Waals surface area contributed by atoms with Gasteiger partial charge in [0.2, 0.25) is 11.8 Å². The number of carbonyl (C=O) groups excluding carboxylic acids is 1. The summed E-state index contributed by atoms with van der Waals surface area (Å²) in [6.45, 7) is 1.89. The fourth-order valence-corrected chi connectivity index (χ4v) is 3.33. The third-order valence-corrected chi connectivity index (χ3v) is 5.12. The van der Waals surface area contributed by atoms with E-state index in [1.165, 1.54) is 32.7 Å². The second-order valence-corrected chi connectivity index (χ2v) is 7.28. The van der Waals surface area contributed by atoms with Gasteiger partial charge in [-0.05, 0) is 49.2 Å². The number of benzene rings is 2. The van der Waals surface area contributed by atoms with E-state index >= 15 is 0 Å². The normalized spacial score (nSPS) is 13.5. The average molecular weight is 409 g/mol. The van der Waals surface area contributed by atoms with Crippen LogP contribution in [0.3, 0.4) is 0 Å². The van der Waals surface area contributed by atoms with E-state index < -0.39 is 6.09 Å². The number of aromatic nitrogens is 1. The van der Waals surface area contributed by atoms with E-state index in [2.05, 4.69) is 10.3 Å². The van der Waals surface area contributed by atoms with E-state index in [1.54, 1.807) is 24.3 Å². The van der Waals surface area contributed by atoms with E-state index in [4.69, 9.17) is 9.52 Å². The van der Waals surface area contributed by atoms with E-state index in [9.17, 15) is 9.59 Å². The summed E-state index contributed by atoms with van der Waals surface area (Å²) in [7, 11) is 1.50. The first-order valence-electron chi connectivity index (χ1n) is 10.2. The van der Waals surface area contributed by atoms with Gasteiger partial charge in [0.15, 0.2) is 5.58 Å². The van der Waals surface area contributed by atoms with Crippen LogP contribution in [0.15, 0.2) is 52.9 Å². The number of fused-ring (bicyclic) bond motifs is 1. The largest absolute Gasteiger partial charge is 0.465 e. The third kappa shape index (κ3) is 5.37. The minimum atomic E-state index is -1.00. The second kappa shape index (κ2) is 9.91. The Bertz CT molecular complexity index is 958. The molecule has 3 aromatic rings. The molecule has 0 unspecified atom stereocenters. The first-order valence-corrected chi connectivity index (χ1v) is 10.2. The summed E-state index contributed by atoms with van der Waals surface area (Å²) < 4.78 is 5.66. The minimum absolute atomic E-state index is 0.201. The van der Waals surface area contributed by atoms with Crippen LogP contribution in [0.1, 0.15) is 39.0 Å². The molecule has 1 aliphatic rings. The number of carboxylic acid groups (broad SMARTS) is 1. The predicted octanol–water partition coefficient (Wildman–Crippen LogP) is 5.06. The van der Waals surface area contributed by atoms with E-state index in [1.807, 2.05) is 31.2 Å². The average Bonchev–Trinajstić information content (AvgIpc) is 3.43. The molecule has 7 heteroatoms. The molecule has 0 spiro atoms. The SMILES string of the molecule is CCC(=O)NC1CCCC1.CN(C(=O)O)c1ccc(-c2nc3ccccc3o2)cc1. The molecule has 1 heterocycles. The number of amides is 2. The van der Waals surface area contributed by atoms with Crippen LogP contribution >= 0.6 is 0 Å². The Kier molecular flexibility index (Phi) is 7.06. The molecule has 158 valence electrons. The van der Waals surface area contributed by atoms with Crippen molar-refractivity contribution in [2.75, 3.05) is 11.9 Å². The van der Waals surface area contributed by atoms with Gasteiger partial charge >= 0.3 is 6.09 Å². The third-order valence-electron chi connectivity index (χ3n) is 5.12. The van der Waals surface area contributed by atoms with Crippen molar-refractivity contribution in [3.05, 3.63) is 48.5 Å². The van der Waals surface area contributed by atoms with Gasteiger partial charge in [0.05, 0.1) is 0 Å². The highest BCUT2D eigenvalue weighted by Gasteiger charge is 2.15. The molecule has 2 aromatic carbocycles. The van der Waals surface area contributed by atoms with Gasteiger partial charge in [0.25, 0.3) is 0 Å². The molecule has 7 nitrogen and oxygen atoms in total. The van der Waals surface area contributed by atoms with Crippen LogP contribution in [0.25, 0.3) is 22.6 Å². The Hall–Kier alpha value is -3.35. The maximum Gasteiger partial charge on any atom is 0.411 e. The van der Waals surface area contributed by atoms with E-state index in [0.29, 0.717) is 24.0 Å². The first-order chi connectivity index (χ1) is 14.5.